The van der Waals surface area contributed by atoms with Crippen LogP contribution in [0.15, 0.2) is 41.8 Å². The lowest BCUT2D eigenvalue weighted by Crippen LogP contribution is -2.41. The highest BCUT2D eigenvalue weighted by molar-refractivity contribution is 8.00. The van der Waals surface area contributed by atoms with Crippen molar-refractivity contribution < 1.29 is 9.18 Å². The molecule has 0 atom stereocenters. The molecule has 4 rings (SSSR count). The molecule has 0 bridgehead atoms. The monoisotopic (exact) mass is 413 g/mol. The molecule has 1 amide bonds. The molecule has 1 aliphatic carbocycles. The Labute approximate surface area is 173 Å². The number of thioether (sulfide) groups is 1. The Bertz CT molecular complexity index is 984. The van der Waals surface area contributed by atoms with E-state index in [0.717, 1.165) is 47.3 Å². The maximum Gasteiger partial charge on any atom is 0.233 e. The second-order valence-corrected chi connectivity index (χ2v) is 8.38. The predicted octanol–water partition coefficient (Wildman–Crippen LogP) is 3.96. The van der Waals surface area contributed by atoms with Crippen LogP contribution in [0.2, 0.25) is 0 Å². The number of hydrogen-bond donors (Lipinski definition) is 0. The molecule has 1 saturated carbocycles. The van der Waals surface area contributed by atoms with E-state index in [9.17, 15) is 9.18 Å². The average Bonchev–Trinajstić information content (AvgIpc) is 3.14. The highest BCUT2D eigenvalue weighted by Gasteiger charge is 2.26. The molecule has 0 radical (unpaired) electrons. The zero-order valence-electron chi connectivity index (χ0n) is 16.4. The SMILES string of the molecule is Cn1ncc2c(SCC(=O)N(Cc3ccc(F)cc3)C3CCCCC3)ncnc21. The highest BCUT2D eigenvalue weighted by Crippen LogP contribution is 2.28. The number of carbonyl (C=O) groups is 1. The normalized spacial score (nSPS) is 15.0. The molecule has 3 aromatic rings. The molecular weight excluding hydrogens is 389 g/mol. The van der Waals surface area contributed by atoms with Crippen LogP contribution in [0.25, 0.3) is 11.0 Å². The molecule has 29 heavy (non-hydrogen) atoms. The first-order valence-electron chi connectivity index (χ1n) is 9.91. The van der Waals surface area contributed by atoms with Gasteiger partial charge in [-0.1, -0.05) is 43.2 Å². The van der Waals surface area contributed by atoms with E-state index >= 15 is 0 Å². The van der Waals surface area contributed by atoms with Crippen LogP contribution in [0.3, 0.4) is 0 Å². The molecule has 0 saturated heterocycles. The van der Waals surface area contributed by atoms with E-state index in [0.29, 0.717) is 12.3 Å². The molecule has 0 N–H and O–H groups in total. The van der Waals surface area contributed by atoms with Crippen LogP contribution < -0.4 is 0 Å². The van der Waals surface area contributed by atoms with Crippen LogP contribution >= 0.6 is 11.8 Å². The summed E-state index contributed by atoms with van der Waals surface area (Å²) in [5, 5.41) is 5.85. The zero-order chi connectivity index (χ0) is 20.2. The molecule has 0 aliphatic heterocycles. The van der Waals surface area contributed by atoms with E-state index in [-0.39, 0.29) is 17.8 Å². The molecule has 0 spiro atoms. The Balaban J connectivity index is 1.50. The molecule has 1 fully saturated rings. The number of fused-ring (bicyclic) bond motifs is 1. The lowest BCUT2D eigenvalue weighted by atomic mass is 9.94. The van der Waals surface area contributed by atoms with E-state index < -0.39 is 0 Å². The van der Waals surface area contributed by atoms with Crippen molar-refractivity contribution in [1.29, 1.82) is 0 Å². The van der Waals surface area contributed by atoms with Crippen molar-refractivity contribution in [1.82, 2.24) is 24.6 Å². The number of carbonyl (C=O) groups excluding carboxylic acids is 1. The van der Waals surface area contributed by atoms with Crippen LogP contribution in [0, 0.1) is 5.82 Å². The van der Waals surface area contributed by atoms with E-state index in [1.807, 2.05) is 11.9 Å². The topological polar surface area (TPSA) is 63.9 Å². The summed E-state index contributed by atoms with van der Waals surface area (Å²) < 4.78 is 15.0. The third kappa shape index (κ3) is 4.58. The number of aromatic nitrogens is 4. The second-order valence-electron chi connectivity index (χ2n) is 7.41. The number of rotatable bonds is 6. The summed E-state index contributed by atoms with van der Waals surface area (Å²) in [5.41, 5.74) is 1.71. The van der Waals surface area contributed by atoms with Gasteiger partial charge in [-0.05, 0) is 30.5 Å². The molecular formula is C21H24FN5OS. The minimum atomic E-state index is -0.260. The van der Waals surface area contributed by atoms with Crippen molar-refractivity contribution >= 4 is 28.7 Å². The van der Waals surface area contributed by atoms with Gasteiger partial charge in [-0.3, -0.25) is 9.48 Å². The minimum absolute atomic E-state index is 0.0851. The van der Waals surface area contributed by atoms with Gasteiger partial charge >= 0.3 is 0 Å². The summed E-state index contributed by atoms with van der Waals surface area (Å²) in [6.45, 7) is 0.510. The minimum Gasteiger partial charge on any atom is -0.335 e. The number of halogens is 1. The lowest BCUT2D eigenvalue weighted by molar-refractivity contribution is -0.132. The van der Waals surface area contributed by atoms with Gasteiger partial charge in [0, 0.05) is 19.6 Å². The van der Waals surface area contributed by atoms with Gasteiger partial charge in [0.1, 0.15) is 17.2 Å². The lowest BCUT2D eigenvalue weighted by Gasteiger charge is -2.34. The molecule has 2 aromatic heterocycles. The van der Waals surface area contributed by atoms with Crippen LogP contribution in [-0.2, 0) is 18.4 Å². The number of benzene rings is 1. The summed E-state index contributed by atoms with van der Waals surface area (Å²) in [4.78, 5) is 23.8. The summed E-state index contributed by atoms with van der Waals surface area (Å²) in [6.07, 6.45) is 8.81. The molecule has 0 unspecified atom stereocenters. The highest BCUT2D eigenvalue weighted by atomic mass is 32.2. The quantitative estimate of drug-likeness (QED) is 0.452. The van der Waals surface area contributed by atoms with Gasteiger partial charge in [-0.15, -0.1) is 0 Å². The molecule has 1 aromatic carbocycles. The van der Waals surface area contributed by atoms with Crippen molar-refractivity contribution in [3.63, 3.8) is 0 Å². The van der Waals surface area contributed by atoms with Crippen molar-refractivity contribution in [3.8, 4) is 0 Å². The fourth-order valence-electron chi connectivity index (χ4n) is 3.87. The maximum absolute atomic E-state index is 13.3. The summed E-state index contributed by atoms with van der Waals surface area (Å²) in [5.74, 6) is 0.129. The van der Waals surface area contributed by atoms with Crippen molar-refractivity contribution in [2.24, 2.45) is 7.05 Å². The molecule has 2 heterocycles. The Morgan fingerprint density at radius 2 is 1.97 bits per heavy atom. The van der Waals surface area contributed by atoms with Gasteiger partial charge in [0.2, 0.25) is 5.91 Å². The fraction of sp³-hybridized carbons (Fsp3) is 0.429. The zero-order valence-corrected chi connectivity index (χ0v) is 17.2. The second kappa shape index (κ2) is 8.90. The first-order valence-corrected chi connectivity index (χ1v) is 10.9. The Morgan fingerprint density at radius 3 is 2.72 bits per heavy atom. The van der Waals surface area contributed by atoms with Crippen LogP contribution in [0.1, 0.15) is 37.7 Å². The third-order valence-corrected chi connectivity index (χ3v) is 6.42. The van der Waals surface area contributed by atoms with Gasteiger partial charge in [-0.2, -0.15) is 5.10 Å². The van der Waals surface area contributed by atoms with Gasteiger partial charge in [0.05, 0.1) is 17.3 Å². The number of hydrogen-bond acceptors (Lipinski definition) is 5. The summed E-state index contributed by atoms with van der Waals surface area (Å²) >= 11 is 1.42. The van der Waals surface area contributed by atoms with E-state index in [4.69, 9.17) is 0 Å². The van der Waals surface area contributed by atoms with Crippen LogP contribution in [-0.4, -0.2) is 42.4 Å². The molecule has 6 nitrogen and oxygen atoms in total. The average molecular weight is 414 g/mol. The summed E-state index contributed by atoms with van der Waals surface area (Å²) in [6, 6.07) is 6.66. The molecule has 8 heteroatoms. The van der Waals surface area contributed by atoms with Crippen molar-refractivity contribution in [2.75, 3.05) is 5.75 Å². The van der Waals surface area contributed by atoms with Gasteiger partial charge < -0.3 is 4.90 Å². The largest absolute Gasteiger partial charge is 0.335 e. The first kappa shape index (κ1) is 19.8. The Hall–Kier alpha value is -2.48. The van der Waals surface area contributed by atoms with Crippen molar-refractivity contribution in [3.05, 3.63) is 48.2 Å². The third-order valence-electron chi connectivity index (χ3n) is 5.43. The van der Waals surface area contributed by atoms with Gasteiger partial charge in [-0.25, -0.2) is 14.4 Å². The smallest absolute Gasteiger partial charge is 0.233 e. The summed E-state index contributed by atoms with van der Waals surface area (Å²) in [7, 11) is 1.84. The number of nitrogens with zero attached hydrogens (tertiary/aromatic N) is 5. The van der Waals surface area contributed by atoms with E-state index in [1.54, 1.807) is 23.0 Å². The van der Waals surface area contributed by atoms with Gasteiger partial charge in [0.15, 0.2) is 5.65 Å². The first-order chi connectivity index (χ1) is 14.1. The van der Waals surface area contributed by atoms with Gasteiger partial charge in [0.25, 0.3) is 0 Å². The van der Waals surface area contributed by atoms with Crippen LogP contribution in [0.5, 0.6) is 0 Å². The number of aryl methyl sites for hydroxylation is 1. The maximum atomic E-state index is 13.3. The Kier molecular flexibility index (Phi) is 6.08. The van der Waals surface area contributed by atoms with E-state index in [2.05, 4.69) is 15.1 Å². The Morgan fingerprint density at radius 1 is 1.21 bits per heavy atom. The predicted molar refractivity (Wildman–Crippen MR) is 111 cm³/mol. The number of amides is 1. The molecule has 1 aliphatic rings. The van der Waals surface area contributed by atoms with Crippen LogP contribution in [0.4, 0.5) is 4.39 Å². The molecule has 152 valence electrons. The van der Waals surface area contributed by atoms with Crippen molar-refractivity contribution in [2.45, 2.75) is 49.7 Å². The van der Waals surface area contributed by atoms with E-state index in [1.165, 1.54) is 36.6 Å². The standard InChI is InChI=1S/C21H24FN5OS/c1-26-20-18(11-25-26)21(24-14-23-20)29-13-19(28)27(17-5-3-2-4-6-17)12-15-7-9-16(22)10-8-15/h7-11,14,17H,2-6,12-13H2,1H3. The fourth-order valence-corrected chi connectivity index (χ4v) is 4.72.